The van der Waals surface area contributed by atoms with E-state index in [2.05, 4.69) is 11.4 Å². The predicted molar refractivity (Wildman–Crippen MR) is 77.4 cm³/mol. The number of hydrogen-bond acceptors (Lipinski definition) is 4. The highest BCUT2D eigenvalue weighted by atomic mass is 32.2. The second kappa shape index (κ2) is 5.83. The smallest absolute Gasteiger partial charge is 0.238 e. The van der Waals surface area contributed by atoms with Gasteiger partial charge in [0.05, 0.1) is 4.90 Å². The molecule has 4 nitrogen and oxygen atoms in total. The fourth-order valence-corrected chi connectivity index (χ4v) is 2.90. The van der Waals surface area contributed by atoms with Crippen LogP contribution in [0.25, 0.3) is 0 Å². The van der Waals surface area contributed by atoms with E-state index in [1.54, 1.807) is 23.5 Å². The minimum atomic E-state index is -3.61. The maximum atomic E-state index is 11.2. The van der Waals surface area contributed by atoms with Crippen molar-refractivity contribution in [1.29, 1.82) is 0 Å². The Bertz CT molecular complexity index is 619. The highest BCUT2D eigenvalue weighted by Gasteiger charge is 2.09. The summed E-state index contributed by atoms with van der Waals surface area (Å²) in [4.78, 5) is 1.41. The monoisotopic (exact) mass is 296 g/mol. The number of thiophene rings is 1. The first-order chi connectivity index (χ1) is 8.97. The number of nitrogens with one attached hydrogen (secondary N) is 1. The molecule has 102 valence electrons. The van der Waals surface area contributed by atoms with Gasteiger partial charge in [0, 0.05) is 17.5 Å². The molecular weight excluding hydrogens is 280 g/mol. The van der Waals surface area contributed by atoms with Gasteiger partial charge in [-0.25, -0.2) is 13.6 Å². The van der Waals surface area contributed by atoms with Crippen LogP contribution in [-0.4, -0.2) is 8.42 Å². The molecule has 0 aliphatic heterocycles. The molecule has 1 aromatic heterocycles. The zero-order chi connectivity index (χ0) is 13.9. The van der Waals surface area contributed by atoms with Gasteiger partial charge in [-0.15, -0.1) is 11.3 Å². The average Bonchev–Trinajstić information content (AvgIpc) is 2.88. The summed E-state index contributed by atoms with van der Waals surface area (Å²) in [6, 6.07) is 10.9. The average molecular weight is 296 g/mol. The first-order valence-corrected chi connectivity index (χ1v) is 8.28. The van der Waals surface area contributed by atoms with Crippen molar-refractivity contribution in [3.8, 4) is 0 Å². The molecule has 1 unspecified atom stereocenters. The Labute approximate surface area is 117 Å². The van der Waals surface area contributed by atoms with Gasteiger partial charge in [0.15, 0.2) is 0 Å². The van der Waals surface area contributed by atoms with E-state index in [1.807, 2.05) is 18.4 Å². The van der Waals surface area contributed by atoms with E-state index in [0.29, 0.717) is 0 Å². The fourth-order valence-electron chi connectivity index (χ4n) is 1.73. The number of sulfonamides is 1. The zero-order valence-corrected chi connectivity index (χ0v) is 12.2. The second-order valence-electron chi connectivity index (χ2n) is 4.30. The van der Waals surface area contributed by atoms with E-state index in [1.165, 1.54) is 17.0 Å². The van der Waals surface area contributed by atoms with Crippen molar-refractivity contribution in [1.82, 2.24) is 5.32 Å². The van der Waals surface area contributed by atoms with E-state index < -0.39 is 10.0 Å². The third-order valence-corrected chi connectivity index (χ3v) is 4.68. The van der Waals surface area contributed by atoms with Gasteiger partial charge in [0.1, 0.15) is 0 Å². The van der Waals surface area contributed by atoms with E-state index in [-0.39, 0.29) is 10.9 Å². The topological polar surface area (TPSA) is 72.2 Å². The van der Waals surface area contributed by atoms with Gasteiger partial charge in [-0.1, -0.05) is 18.2 Å². The Balaban J connectivity index is 2.01. The van der Waals surface area contributed by atoms with E-state index in [4.69, 9.17) is 5.14 Å². The van der Waals surface area contributed by atoms with Crippen LogP contribution in [0.2, 0.25) is 0 Å². The minimum absolute atomic E-state index is 0.140. The molecule has 1 heterocycles. The summed E-state index contributed by atoms with van der Waals surface area (Å²) in [6.45, 7) is 2.84. The van der Waals surface area contributed by atoms with E-state index in [0.717, 1.165) is 12.1 Å². The summed E-state index contributed by atoms with van der Waals surface area (Å²) in [5, 5.41) is 10.5. The second-order valence-corrected chi connectivity index (χ2v) is 6.89. The Kier molecular flexibility index (Phi) is 4.36. The fraction of sp³-hybridized carbons (Fsp3) is 0.231. The van der Waals surface area contributed by atoms with Crippen LogP contribution in [0.3, 0.4) is 0 Å². The molecule has 0 spiro atoms. The molecule has 0 aliphatic carbocycles. The number of primary sulfonamides is 1. The third kappa shape index (κ3) is 3.87. The van der Waals surface area contributed by atoms with Gasteiger partial charge in [0.25, 0.3) is 0 Å². The molecule has 2 aromatic rings. The van der Waals surface area contributed by atoms with Crippen molar-refractivity contribution in [2.75, 3.05) is 0 Å². The Morgan fingerprint density at radius 2 is 1.95 bits per heavy atom. The van der Waals surface area contributed by atoms with E-state index >= 15 is 0 Å². The SMILES string of the molecule is CC(NCc1cccs1)c1ccc(S(N)(=O)=O)cc1. The molecule has 0 aliphatic rings. The number of hydrogen-bond donors (Lipinski definition) is 2. The van der Waals surface area contributed by atoms with E-state index in [9.17, 15) is 8.42 Å². The quantitative estimate of drug-likeness (QED) is 0.889. The largest absolute Gasteiger partial charge is 0.305 e. The van der Waals surface area contributed by atoms with Crippen LogP contribution >= 0.6 is 11.3 Å². The summed E-state index contributed by atoms with van der Waals surface area (Å²) in [5.41, 5.74) is 1.03. The van der Waals surface area contributed by atoms with Crippen molar-refractivity contribution in [2.24, 2.45) is 5.14 Å². The van der Waals surface area contributed by atoms with Gasteiger partial charge >= 0.3 is 0 Å². The lowest BCUT2D eigenvalue weighted by molar-refractivity contribution is 0.577. The molecule has 6 heteroatoms. The molecule has 0 saturated carbocycles. The van der Waals surface area contributed by atoms with Crippen LogP contribution in [0, 0.1) is 0 Å². The molecule has 0 saturated heterocycles. The summed E-state index contributed by atoms with van der Waals surface area (Å²) in [7, 11) is -3.61. The van der Waals surface area contributed by atoms with Gasteiger partial charge in [-0.05, 0) is 36.1 Å². The molecule has 1 atom stereocenters. The van der Waals surface area contributed by atoms with Crippen molar-refractivity contribution in [3.63, 3.8) is 0 Å². The Morgan fingerprint density at radius 3 is 2.47 bits per heavy atom. The molecule has 2 rings (SSSR count). The number of rotatable bonds is 5. The van der Waals surface area contributed by atoms with Crippen LogP contribution in [0.1, 0.15) is 23.4 Å². The Morgan fingerprint density at radius 1 is 1.26 bits per heavy atom. The van der Waals surface area contributed by atoms with Crippen LogP contribution in [0.5, 0.6) is 0 Å². The summed E-state index contributed by atoms with van der Waals surface area (Å²) >= 11 is 1.71. The molecule has 19 heavy (non-hydrogen) atoms. The molecule has 0 amide bonds. The van der Waals surface area contributed by atoms with Gasteiger partial charge in [-0.2, -0.15) is 0 Å². The zero-order valence-electron chi connectivity index (χ0n) is 10.5. The highest BCUT2D eigenvalue weighted by molar-refractivity contribution is 7.89. The molecule has 0 radical (unpaired) electrons. The summed E-state index contributed by atoms with van der Waals surface area (Å²) in [5.74, 6) is 0. The van der Waals surface area contributed by atoms with Crippen molar-refractivity contribution < 1.29 is 8.42 Å². The molecular formula is C13H16N2O2S2. The van der Waals surface area contributed by atoms with Gasteiger partial charge < -0.3 is 5.32 Å². The molecule has 0 bridgehead atoms. The van der Waals surface area contributed by atoms with Crippen LogP contribution < -0.4 is 10.5 Å². The van der Waals surface area contributed by atoms with Crippen LogP contribution in [0.4, 0.5) is 0 Å². The standard InChI is InChI=1S/C13H16N2O2S2/c1-10(15-9-12-3-2-8-18-12)11-4-6-13(7-5-11)19(14,16)17/h2-8,10,15H,9H2,1H3,(H2,14,16,17). The van der Waals surface area contributed by atoms with Crippen molar-refractivity contribution in [2.45, 2.75) is 24.4 Å². The third-order valence-electron chi connectivity index (χ3n) is 2.87. The van der Waals surface area contributed by atoms with Gasteiger partial charge in [-0.3, -0.25) is 0 Å². The summed E-state index contributed by atoms with van der Waals surface area (Å²) < 4.78 is 22.3. The van der Waals surface area contributed by atoms with Crippen molar-refractivity contribution >= 4 is 21.4 Å². The predicted octanol–water partition coefficient (Wildman–Crippen LogP) is 2.25. The first-order valence-electron chi connectivity index (χ1n) is 5.85. The highest BCUT2D eigenvalue weighted by Crippen LogP contribution is 2.17. The van der Waals surface area contributed by atoms with Crippen LogP contribution in [0.15, 0.2) is 46.7 Å². The van der Waals surface area contributed by atoms with Crippen molar-refractivity contribution in [3.05, 3.63) is 52.2 Å². The Hall–Kier alpha value is -1.21. The lowest BCUT2D eigenvalue weighted by Gasteiger charge is -2.14. The molecule has 1 aromatic carbocycles. The lowest BCUT2D eigenvalue weighted by Crippen LogP contribution is -2.18. The lowest BCUT2D eigenvalue weighted by atomic mass is 10.1. The molecule has 0 fully saturated rings. The normalized spacial score (nSPS) is 13.4. The maximum Gasteiger partial charge on any atom is 0.238 e. The number of benzene rings is 1. The van der Waals surface area contributed by atoms with Gasteiger partial charge in [0.2, 0.25) is 10.0 Å². The maximum absolute atomic E-state index is 11.2. The number of nitrogens with two attached hydrogens (primary N) is 1. The first kappa shape index (κ1) is 14.2. The minimum Gasteiger partial charge on any atom is -0.305 e. The molecule has 3 N–H and O–H groups in total. The van der Waals surface area contributed by atoms with Crippen LogP contribution in [-0.2, 0) is 16.6 Å². The summed E-state index contributed by atoms with van der Waals surface area (Å²) in [6.07, 6.45) is 0.